The average Bonchev–Trinajstić information content (AvgIpc) is 2.93. The Bertz CT molecular complexity index is 728. The lowest BCUT2D eigenvalue weighted by atomic mass is 9.94. The maximum atomic E-state index is 12.8. The number of carbonyl (C=O) groups excluding carboxylic acids is 2. The number of halogens is 1. The van der Waals surface area contributed by atoms with Crippen LogP contribution < -0.4 is 0 Å². The first kappa shape index (κ1) is 16.1. The molecule has 0 radical (unpaired) electrons. The van der Waals surface area contributed by atoms with E-state index in [-0.39, 0.29) is 12.2 Å². The first-order chi connectivity index (χ1) is 10.5. The first-order valence-electron chi connectivity index (χ1n) is 6.78. The fourth-order valence-corrected chi connectivity index (χ4v) is 2.99. The van der Waals surface area contributed by atoms with Crippen molar-refractivity contribution in [1.82, 2.24) is 0 Å². The molecule has 1 atom stereocenters. The third kappa shape index (κ3) is 3.66. The summed E-state index contributed by atoms with van der Waals surface area (Å²) in [5, 5.41) is 10.9. The van der Waals surface area contributed by atoms with E-state index < -0.39 is 17.5 Å². The fourth-order valence-electron chi connectivity index (χ4n) is 2.10. The van der Waals surface area contributed by atoms with Crippen molar-refractivity contribution in [2.45, 2.75) is 19.8 Å². The Morgan fingerprint density at radius 2 is 1.95 bits per heavy atom. The third-order valence-electron chi connectivity index (χ3n) is 3.37. The highest BCUT2D eigenvalue weighted by atomic mass is 32.1. The molecule has 112 valence electrons. The molecule has 0 amide bonds. The Kier molecular flexibility index (Phi) is 5.18. The molecule has 0 bridgehead atoms. The molecule has 5 heteroatoms. The number of nitrogens with zero attached hydrogens (tertiary/aromatic N) is 1. The van der Waals surface area contributed by atoms with Crippen LogP contribution in [0.25, 0.3) is 0 Å². The van der Waals surface area contributed by atoms with Gasteiger partial charge in [0.25, 0.3) is 0 Å². The van der Waals surface area contributed by atoms with Crippen LogP contribution in [0.2, 0.25) is 0 Å². The third-order valence-corrected chi connectivity index (χ3v) is 4.40. The Balaban J connectivity index is 2.03. The van der Waals surface area contributed by atoms with Gasteiger partial charge < -0.3 is 0 Å². The summed E-state index contributed by atoms with van der Waals surface area (Å²) in [6, 6.07) is 9.42. The molecule has 0 aliphatic heterocycles. The van der Waals surface area contributed by atoms with Crippen LogP contribution in [0.5, 0.6) is 0 Å². The van der Waals surface area contributed by atoms with Gasteiger partial charge in [0.05, 0.1) is 10.9 Å². The van der Waals surface area contributed by atoms with Crippen molar-refractivity contribution < 1.29 is 14.0 Å². The topological polar surface area (TPSA) is 57.9 Å². The molecule has 0 saturated heterocycles. The van der Waals surface area contributed by atoms with Crippen molar-refractivity contribution in [1.29, 1.82) is 5.26 Å². The molecule has 1 unspecified atom stereocenters. The van der Waals surface area contributed by atoms with Gasteiger partial charge in [-0.05, 0) is 48.1 Å². The zero-order valence-electron chi connectivity index (χ0n) is 12.0. The van der Waals surface area contributed by atoms with Crippen LogP contribution in [0.3, 0.4) is 0 Å². The minimum Gasteiger partial charge on any atom is -0.298 e. The van der Waals surface area contributed by atoms with Crippen molar-refractivity contribution in [2.24, 2.45) is 5.92 Å². The minimum absolute atomic E-state index is 0.0834. The van der Waals surface area contributed by atoms with Gasteiger partial charge in [-0.2, -0.15) is 5.26 Å². The summed E-state index contributed by atoms with van der Waals surface area (Å²) in [7, 11) is 0. The van der Waals surface area contributed by atoms with Gasteiger partial charge >= 0.3 is 0 Å². The second-order valence-electron chi connectivity index (χ2n) is 4.95. The van der Waals surface area contributed by atoms with Crippen molar-refractivity contribution in [3.63, 3.8) is 0 Å². The Labute approximate surface area is 132 Å². The first-order valence-corrected chi connectivity index (χ1v) is 7.66. The smallest absolute Gasteiger partial charge is 0.197 e. The molecule has 3 nitrogen and oxygen atoms in total. The van der Waals surface area contributed by atoms with E-state index in [1.54, 1.807) is 30.5 Å². The van der Waals surface area contributed by atoms with E-state index in [9.17, 15) is 14.0 Å². The van der Waals surface area contributed by atoms with Crippen LogP contribution >= 0.6 is 11.3 Å². The largest absolute Gasteiger partial charge is 0.298 e. The maximum absolute atomic E-state index is 12.8. The monoisotopic (exact) mass is 315 g/mol. The molecule has 0 aliphatic carbocycles. The van der Waals surface area contributed by atoms with E-state index in [0.717, 1.165) is 11.1 Å². The van der Waals surface area contributed by atoms with Gasteiger partial charge in [-0.1, -0.05) is 12.1 Å². The highest BCUT2D eigenvalue weighted by molar-refractivity contribution is 7.12. The van der Waals surface area contributed by atoms with E-state index in [4.69, 9.17) is 5.26 Å². The predicted octanol–water partition coefficient (Wildman–Crippen LogP) is 3.72. The molecule has 0 spiro atoms. The summed E-state index contributed by atoms with van der Waals surface area (Å²) in [5.74, 6) is -2.44. The molecule has 1 aromatic carbocycles. The summed E-state index contributed by atoms with van der Waals surface area (Å²) in [4.78, 5) is 24.9. The molecular formula is C17H14FNO2S. The number of carbonyl (C=O) groups is 2. The lowest BCUT2D eigenvalue weighted by Gasteiger charge is -2.07. The zero-order valence-corrected chi connectivity index (χ0v) is 12.8. The lowest BCUT2D eigenvalue weighted by molar-refractivity contribution is -0.120. The minimum atomic E-state index is -1.27. The Morgan fingerprint density at radius 1 is 1.27 bits per heavy atom. The summed E-state index contributed by atoms with van der Waals surface area (Å²) in [6.07, 6.45) is 0.466. The summed E-state index contributed by atoms with van der Waals surface area (Å²) in [5.41, 5.74) is 1.58. The van der Waals surface area contributed by atoms with Crippen LogP contribution in [0, 0.1) is 30.0 Å². The quantitative estimate of drug-likeness (QED) is 0.603. The molecule has 2 rings (SSSR count). The van der Waals surface area contributed by atoms with Crippen molar-refractivity contribution in [2.75, 3.05) is 0 Å². The number of hydrogen-bond acceptors (Lipinski definition) is 4. The molecule has 22 heavy (non-hydrogen) atoms. The van der Waals surface area contributed by atoms with Gasteiger partial charge in [-0.15, -0.1) is 11.3 Å². The number of benzene rings is 1. The maximum Gasteiger partial charge on any atom is 0.197 e. The SMILES string of the molecule is Cc1ccsc1C(=O)C(C#N)C(=O)CCc1ccc(F)cc1. The number of Topliss-reactive ketones (excluding diaryl/α,β-unsaturated/α-hetero) is 2. The summed E-state index contributed by atoms with van der Waals surface area (Å²) < 4.78 is 12.8. The lowest BCUT2D eigenvalue weighted by Crippen LogP contribution is -2.23. The van der Waals surface area contributed by atoms with Crippen LogP contribution in [0.4, 0.5) is 4.39 Å². The number of nitriles is 1. The summed E-state index contributed by atoms with van der Waals surface area (Å²) in [6.45, 7) is 1.78. The highest BCUT2D eigenvalue weighted by Crippen LogP contribution is 2.21. The Hall–Kier alpha value is -2.32. The molecule has 0 N–H and O–H groups in total. The summed E-state index contributed by atoms with van der Waals surface area (Å²) >= 11 is 1.24. The van der Waals surface area contributed by atoms with E-state index in [2.05, 4.69) is 0 Å². The molecule has 1 aromatic heterocycles. The number of hydrogen-bond donors (Lipinski definition) is 0. The van der Waals surface area contributed by atoms with E-state index in [1.807, 2.05) is 6.07 Å². The second-order valence-corrected chi connectivity index (χ2v) is 5.87. The predicted molar refractivity (Wildman–Crippen MR) is 82.2 cm³/mol. The highest BCUT2D eigenvalue weighted by Gasteiger charge is 2.28. The van der Waals surface area contributed by atoms with E-state index in [0.29, 0.717) is 11.3 Å². The number of rotatable bonds is 6. The van der Waals surface area contributed by atoms with Crippen LogP contribution in [-0.4, -0.2) is 11.6 Å². The van der Waals surface area contributed by atoms with Crippen molar-refractivity contribution >= 4 is 22.9 Å². The second kappa shape index (κ2) is 7.10. The van der Waals surface area contributed by atoms with Crippen molar-refractivity contribution in [3.8, 4) is 6.07 Å². The average molecular weight is 315 g/mol. The fraction of sp³-hybridized carbons (Fsp3) is 0.235. The van der Waals surface area contributed by atoms with Gasteiger partial charge in [-0.3, -0.25) is 9.59 Å². The molecule has 0 saturated carbocycles. The number of thiophene rings is 1. The van der Waals surface area contributed by atoms with Gasteiger partial charge in [0.1, 0.15) is 5.82 Å². The van der Waals surface area contributed by atoms with E-state index >= 15 is 0 Å². The molecule has 0 aliphatic rings. The Morgan fingerprint density at radius 3 is 2.50 bits per heavy atom. The van der Waals surface area contributed by atoms with Gasteiger partial charge in [0.2, 0.25) is 0 Å². The molecule has 1 heterocycles. The molecular weight excluding hydrogens is 301 g/mol. The van der Waals surface area contributed by atoms with E-state index in [1.165, 1.54) is 23.5 Å². The molecule has 0 fully saturated rings. The van der Waals surface area contributed by atoms with Crippen LogP contribution in [0.15, 0.2) is 35.7 Å². The van der Waals surface area contributed by atoms with Crippen molar-refractivity contribution in [3.05, 3.63) is 57.5 Å². The standard InChI is InChI=1S/C17H14FNO2S/c1-11-8-9-22-17(11)16(21)14(10-19)15(20)7-4-12-2-5-13(18)6-3-12/h2-3,5-6,8-9,14H,4,7H2,1H3. The van der Waals surface area contributed by atoms with Gasteiger partial charge in [0, 0.05) is 6.42 Å². The van der Waals surface area contributed by atoms with Gasteiger partial charge in [0.15, 0.2) is 17.5 Å². The number of ketones is 2. The normalized spacial score (nSPS) is 11.7. The van der Waals surface area contributed by atoms with Crippen LogP contribution in [-0.2, 0) is 11.2 Å². The van der Waals surface area contributed by atoms with Gasteiger partial charge in [-0.25, -0.2) is 4.39 Å². The zero-order chi connectivity index (χ0) is 16.1. The number of aryl methyl sites for hydroxylation is 2. The molecule has 2 aromatic rings. The van der Waals surface area contributed by atoms with Crippen LogP contribution in [0.1, 0.15) is 27.2 Å².